The van der Waals surface area contributed by atoms with E-state index < -0.39 is 12.2 Å². The molecule has 0 radical (unpaired) electrons. The third kappa shape index (κ3) is 3.08. The van der Waals surface area contributed by atoms with E-state index in [1.54, 1.807) is 14.4 Å². The number of hydrogen-bond acceptors (Lipinski definition) is 4. The summed E-state index contributed by atoms with van der Waals surface area (Å²) >= 11 is 0. The van der Waals surface area contributed by atoms with E-state index in [1.807, 2.05) is 30.3 Å². The minimum atomic E-state index is -0.482. The lowest BCUT2D eigenvalue weighted by atomic mass is 10.2. The molecule has 4 rings (SSSR count). The fraction of sp³-hybridized carbons (Fsp3) is 0.474. The van der Waals surface area contributed by atoms with Gasteiger partial charge in [0.05, 0.1) is 12.2 Å². The number of benzene rings is 1. The molecule has 7 heteroatoms. The quantitative estimate of drug-likeness (QED) is 0.835. The molecule has 0 saturated carbocycles. The molecule has 0 bridgehead atoms. The Bertz CT molecular complexity index is 846. The largest absolute Gasteiger partial charge is 0.391 e. The van der Waals surface area contributed by atoms with Crippen LogP contribution in [-0.4, -0.2) is 74.8 Å². The van der Waals surface area contributed by atoms with Crippen LogP contribution in [0.2, 0.25) is 0 Å². The lowest BCUT2D eigenvalue weighted by Crippen LogP contribution is -2.35. The molecule has 1 aromatic heterocycles. The Kier molecular flexibility index (Phi) is 4.42. The summed E-state index contributed by atoms with van der Waals surface area (Å²) in [6.45, 7) is 1.80. The van der Waals surface area contributed by atoms with Crippen molar-refractivity contribution in [2.24, 2.45) is 0 Å². The molecule has 0 spiro atoms. The number of carbonyl (C=O) groups excluding carboxylic acids is 2. The third-order valence-electron chi connectivity index (χ3n) is 5.29. The fourth-order valence-corrected chi connectivity index (χ4v) is 3.85. The van der Waals surface area contributed by atoms with Crippen molar-refractivity contribution in [3.63, 3.8) is 0 Å². The third-order valence-corrected chi connectivity index (χ3v) is 5.29. The fourth-order valence-electron chi connectivity index (χ4n) is 3.85. The summed E-state index contributed by atoms with van der Waals surface area (Å²) in [5.74, 6) is -0.259. The molecule has 2 saturated heterocycles. The van der Waals surface area contributed by atoms with Crippen molar-refractivity contribution >= 4 is 22.7 Å². The maximum atomic E-state index is 13.0. The predicted molar refractivity (Wildman–Crippen MR) is 95.7 cm³/mol. The van der Waals surface area contributed by atoms with Gasteiger partial charge in [-0.1, -0.05) is 18.2 Å². The molecule has 2 amide bonds. The van der Waals surface area contributed by atoms with Gasteiger partial charge in [0.1, 0.15) is 12.2 Å². The summed E-state index contributed by atoms with van der Waals surface area (Å²) in [7, 11) is 0. The summed E-state index contributed by atoms with van der Waals surface area (Å²) in [4.78, 5) is 28.9. The number of aliphatic hydroxyl groups is 2. The molecule has 1 aromatic carbocycles. The van der Waals surface area contributed by atoms with Crippen LogP contribution in [0.15, 0.2) is 30.3 Å². The normalized spacial score (nSPS) is 23.2. The van der Waals surface area contributed by atoms with Crippen LogP contribution < -0.4 is 0 Å². The van der Waals surface area contributed by atoms with Crippen LogP contribution in [-0.2, 0) is 11.3 Å². The Balaban J connectivity index is 1.65. The van der Waals surface area contributed by atoms with Crippen molar-refractivity contribution < 1.29 is 19.8 Å². The molecule has 138 valence electrons. The van der Waals surface area contributed by atoms with Crippen molar-refractivity contribution in [3.8, 4) is 0 Å². The number of nitrogens with zero attached hydrogens (tertiary/aromatic N) is 3. The van der Waals surface area contributed by atoms with Crippen LogP contribution in [0.3, 0.4) is 0 Å². The van der Waals surface area contributed by atoms with E-state index in [0.717, 1.165) is 10.9 Å². The monoisotopic (exact) mass is 357 g/mol. The van der Waals surface area contributed by atoms with Gasteiger partial charge in [-0.05, 0) is 25.0 Å². The molecule has 3 heterocycles. The Morgan fingerprint density at radius 1 is 1.00 bits per heavy atom. The SMILES string of the molecule is O=C(Cn1c(C(=O)N2CC[C@H](O)C2)cc2ccccc21)N1CC[C@H](O)C1. The second kappa shape index (κ2) is 6.74. The minimum absolute atomic E-state index is 0.0672. The van der Waals surface area contributed by atoms with Crippen LogP contribution in [0.25, 0.3) is 10.9 Å². The average molecular weight is 357 g/mol. The first-order chi connectivity index (χ1) is 12.5. The molecule has 7 nitrogen and oxygen atoms in total. The Morgan fingerprint density at radius 2 is 1.65 bits per heavy atom. The van der Waals surface area contributed by atoms with Crippen molar-refractivity contribution in [1.29, 1.82) is 0 Å². The molecule has 2 atom stereocenters. The number of aromatic nitrogens is 1. The van der Waals surface area contributed by atoms with Crippen LogP contribution in [0.5, 0.6) is 0 Å². The predicted octanol–water partition coefficient (Wildman–Crippen LogP) is 0.441. The number of β-amino-alcohol motifs (C(OH)–C–C–N with tert-alkyl or cyclic N) is 2. The van der Waals surface area contributed by atoms with E-state index in [2.05, 4.69) is 0 Å². The van der Waals surface area contributed by atoms with Crippen LogP contribution >= 0.6 is 0 Å². The zero-order valence-electron chi connectivity index (χ0n) is 14.5. The van der Waals surface area contributed by atoms with E-state index in [4.69, 9.17) is 0 Å². The molecule has 0 aliphatic carbocycles. The molecule has 0 unspecified atom stereocenters. The van der Waals surface area contributed by atoms with Gasteiger partial charge in [-0.2, -0.15) is 0 Å². The van der Waals surface area contributed by atoms with Crippen molar-refractivity contribution in [2.45, 2.75) is 31.6 Å². The summed E-state index contributed by atoms with van der Waals surface area (Å²) in [6.07, 6.45) is 0.226. The molecule has 2 aliphatic rings. The van der Waals surface area contributed by atoms with Gasteiger partial charge < -0.3 is 24.6 Å². The smallest absolute Gasteiger partial charge is 0.270 e. The highest BCUT2D eigenvalue weighted by Gasteiger charge is 2.30. The lowest BCUT2D eigenvalue weighted by Gasteiger charge is -2.20. The molecule has 2 fully saturated rings. The van der Waals surface area contributed by atoms with Gasteiger partial charge in [0.25, 0.3) is 5.91 Å². The van der Waals surface area contributed by atoms with Gasteiger partial charge in [-0.15, -0.1) is 0 Å². The molecule has 2 N–H and O–H groups in total. The number of aliphatic hydroxyl groups excluding tert-OH is 2. The van der Waals surface area contributed by atoms with Crippen molar-refractivity contribution in [3.05, 3.63) is 36.0 Å². The number of hydrogen-bond donors (Lipinski definition) is 2. The Hall–Kier alpha value is -2.38. The van der Waals surface area contributed by atoms with E-state index in [-0.39, 0.29) is 18.4 Å². The molecule has 26 heavy (non-hydrogen) atoms. The Morgan fingerprint density at radius 3 is 2.31 bits per heavy atom. The first-order valence-corrected chi connectivity index (χ1v) is 9.04. The maximum absolute atomic E-state index is 13.0. The van der Waals surface area contributed by atoms with Crippen LogP contribution in [0, 0.1) is 0 Å². The highest BCUT2D eigenvalue weighted by Crippen LogP contribution is 2.23. The van der Waals surface area contributed by atoms with E-state index in [1.165, 1.54) is 0 Å². The van der Waals surface area contributed by atoms with E-state index in [0.29, 0.717) is 44.7 Å². The van der Waals surface area contributed by atoms with Gasteiger partial charge in [-0.3, -0.25) is 9.59 Å². The zero-order valence-corrected chi connectivity index (χ0v) is 14.5. The number of fused-ring (bicyclic) bond motifs is 1. The molecular formula is C19H23N3O4. The van der Waals surface area contributed by atoms with E-state index in [9.17, 15) is 19.8 Å². The number of likely N-dealkylation sites (tertiary alicyclic amines) is 2. The maximum Gasteiger partial charge on any atom is 0.270 e. The first kappa shape index (κ1) is 17.1. The van der Waals surface area contributed by atoms with E-state index >= 15 is 0 Å². The zero-order chi connectivity index (χ0) is 18.3. The van der Waals surface area contributed by atoms with Gasteiger partial charge >= 0.3 is 0 Å². The van der Waals surface area contributed by atoms with Gasteiger partial charge in [-0.25, -0.2) is 0 Å². The summed E-state index contributed by atoms with van der Waals surface area (Å²) < 4.78 is 1.76. The standard InChI is InChI=1S/C19H23N3O4/c23-14-5-7-20(10-14)18(25)12-22-16-4-2-1-3-13(16)9-17(22)19(26)21-8-6-15(24)11-21/h1-4,9,14-15,23-24H,5-8,10-12H2/t14-,15-/m0/s1. The lowest BCUT2D eigenvalue weighted by molar-refractivity contribution is -0.131. The second-order valence-corrected chi connectivity index (χ2v) is 7.15. The van der Waals surface area contributed by atoms with Crippen LogP contribution in [0.1, 0.15) is 23.3 Å². The topological polar surface area (TPSA) is 86.0 Å². The van der Waals surface area contributed by atoms with Crippen molar-refractivity contribution in [1.82, 2.24) is 14.4 Å². The molecule has 2 aliphatic heterocycles. The van der Waals surface area contributed by atoms with Crippen molar-refractivity contribution in [2.75, 3.05) is 26.2 Å². The number of amides is 2. The summed E-state index contributed by atoms with van der Waals surface area (Å²) in [5.41, 5.74) is 1.30. The average Bonchev–Trinajstić information content (AvgIpc) is 3.34. The summed E-state index contributed by atoms with van der Waals surface area (Å²) in [5, 5.41) is 20.3. The number of para-hydroxylation sites is 1. The second-order valence-electron chi connectivity index (χ2n) is 7.15. The van der Waals surface area contributed by atoms with Gasteiger partial charge in [0, 0.05) is 37.1 Å². The minimum Gasteiger partial charge on any atom is -0.391 e. The first-order valence-electron chi connectivity index (χ1n) is 9.04. The van der Waals surface area contributed by atoms with Gasteiger partial charge in [0.15, 0.2) is 0 Å². The van der Waals surface area contributed by atoms with Crippen LogP contribution in [0.4, 0.5) is 0 Å². The summed E-state index contributed by atoms with van der Waals surface area (Å²) in [6, 6.07) is 9.42. The molecule has 2 aromatic rings. The number of rotatable bonds is 3. The number of carbonyl (C=O) groups is 2. The Labute approximate surface area is 151 Å². The molecular weight excluding hydrogens is 334 g/mol. The highest BCUT2D eigenvalue weighted by molar-refractivity contribution is 5.99. The highest BCUT2D eigenvalue weighted by atomic mass is 16.3. The van der Waals surface area contributed by atoms with Gasteiger partial charge in [0.2, 0.25) is 5.91 Å².